The number of carbonyl (C=O) groups is 1. The molecule has 0 aliphatic rings. The molecule has 0 saturated carbocycles. The van der Waals surface area contributed by atoms with Crippen molar-refractivity contribution in [3.05, 3.63) is 46.2 Å². The van der Waals surface area contributed by atoms with Crippen LogP contribution in [0.5, 0.6) is 0 Å². The Morgan fingerprint density at radius 1 is 1.53 bits per heavy atom. The minimum absolute atomic E-state index is 0.131. The molecule has 1 amide bonds. The van der Waals surface area contributed by atoms with Crippen molar-refractivity contribution in [2.75, 3.05) is 6.54 Å². The summed E-state index contributed by atoms with van der Waals surface area (Å²) in [7, 11) is 0. The van der Waals surface area contributed by atoms with Crippen molar-refractivity contribution >= 4 is 17.2 Å². The maximum absolute atomic E-state index is 11.9. The van der Waals surface area contributed by atoms with Gasteiger partial charge in [-0.1, -0.05) is 0 Å². The fourth-order valence-electron chi connectivity index (χ4n) is 1.59. The molecule has 0 aromatic carbocycles. The van der Waals surface area contributed by atoms with Gasteiger partial charge in [0.15, 0.2) is 0 Å². The Bertz CT molecular complexity index is 567. The Morgan fingerprint density at radius 2 is 2.32 bits per heavy atom. The van der Waals surface area contributed by atoms with Gasteiger partial charge in [-0.2, -0.15) is 11.3 Å². The van der Waals surface area contributed by atoms with E-state index in [4.69, 9.17) is 0 Å². The van der Waals surface area contributed by atoms with E-state index in [0.29, 0.717) is 5.69 Å². The van der Waals surface area contributed by atoms with Gasteiger partial charge in [-0.3, -0.25) is 4.79 Å². The topological polar surface area (TPSA) is 75.1 Å². The highest BCUT2D eigenvalue weighted by Crippen LogP contribution is 2.22. The summed E-state index contributed by atoms with van der Waals surface area (Å²) in [6.07, 6.45) is 1.35. The molecular weight excluding hydrogens is 262 g/mol. The van der Waals surface area contributed by atoms with Gasteiger partial charge in [0.1, 0.15) is 17.6 Å². The number of hydrogen-bond donors (Lipinski definition) is 2. The molecule has 2 N–H and O–H groups in total. The highest BCUT2D eigenvalue weighted by atomic mass is 32.1. The average Bonchev–Trinajstić information content (AvgIpc) is 2.90. The minimum atomic E-state index is -1.09. The summed E-state index contributed by atoms with van der Waals surface area (Å²) in [6, 6.07) is 3.44. The van der Waals surface area contributed by atoms with Gasteiger partial charge < -0.3 is 10.4 Å². The van der Waals surface area contributed by atoms with Crippen molar-refractivity contribution in [1.82, 2.24) is 15.3 Å². The molecule has 0 bridgehead atoms. The van der Waals surface area contributed by atoms with Crippen LogP contribution in [0.3, 0.4) is 0 Å². The fraction of sp³-hybridized carbons (Fsp3) is 0.308. The molecule has 1 unspecified atom stereocenters. The van der Waals surface area contributed by atoms with Crippen molar-refractivity contribution in [2.24, 2.45) is 0 Å². The first-order valence-corrected chi connectivity index (χ1v) is 6.75. The lowest BCUT2D eigenvalue weighted by molar-refractivity contribution is 0.0528. The number of nitrogens with one attached hydrogen (secondary N) is 1. The number of nitrogens with zero attached hydrogens (tertiary/aromatic N) is 2. The van der Waals surface area contributed by atoms with Crippen LogP contribution in [0.1, 0.15) is 28.7 Å². The Hall–Kier alpha value is -1.79. The lowest BCUT2D eigenvalue weighted by Gasteiger charge is -2.22. The summed E-state index contributed by atoms with van der Waals surface area (Å²) >= 11 is 1.51. The summed E-state index contributed by atoms with van der Waals surface area (Å²) in [5.74, 6) is -0.319. The number of aromatic nitrogens is 2. The lowest BCUT2D eigenvalue weighted by atomic mass is 9.99. The largest absolute Gasteiger partial charge is 0.384 e. The van der Waals surface area contributed by atoms with Crippen LogP contribution in [0.15, 0.2) is 29.2 Å². The van der Waals surface area contributed by atoms with E-state index in [-0.39, 0.29) is 12.5 Å². The summed E-state index contributed by atoms with van der Waals surface area (Å²) < 4.78 is 0. The van der Waals surface area contributed by atoms with Crippen molar-refractivity contribution < 1.29 is 9.90 Å². The van der Waals surface area contributed by atoms with Crippen LogP contribution in [0.25, 0.3) is 0 Å². The van der Waals surface area contributed by atoms with E-state index < -0.39 is 5.60 Å². The fourth-order valence-corrected chi connectivity index (χ4v) is 2.38. The molecule has 2 aromatic heterocycles. The van der Waals surface area contributed by atoms with Crippen molar-refractivity contribution in [1.29, 1.82) is 0 Å². The first-order valence-electron chi connectivity index (χ1n) is 5.81. The maximum atomic E-state index is 11.9. The third kappa shape index (κ3) is 3.36. The monoisotopic (exact) mass is 277 g/mol. The van der Waals surface area contributed by atoms with Gasteiger partial charge in [-0.15, -0.1) is 0 Å². The van der Waals surface area contributed by atoms with E-state index in [1.54, 1.807) is 19.9 Å². The van der Waals surface area contributed by atoms with E-state index in [1.165, 1.54) is 17.7 Å². The second-order valence-corrected chi connectivity index (χ2v) is 5.29. The van der Waals surface area contributed by atoms with Crippen LogP contribution >= 0.6 is 11.3 Å². The zero-order valence-electron chi connectivity index (χ0n) is 10.8. The number of amides is 1. The summed E-state index contributed by atoms with van der Waals surface area (Å²) in [6.45, 7) is 3.59. The highest BCUT2D eigenvalue weighted by Gasteiger charge is 2.24. The quantitative estimate of drug-likeness (QED) is 0.887. The van der Waals surface area contributed by atoms with Gasteiger partial charge in [0.2, 0.25) is 0 Å². The Kier molecular flexibility index (Phi) is 3.92. The first kappa shape index (κ1) is 13.6. The van der Waals surface area contributed by atoms with E-state index >= 15 is 0 Å². The van der Waals surface area contributed by atoms with Crippen molar-refractivity contribution in [3.8, 4) is 0 Å². The molecule has 2 heterocycles. The molecule has 0 aliphatic heterocycles. The molecule has 2 rings (SSSR count). The Morgan fingerprint density at radius 3 is 2.95 bits per heavy atom. The van der Waals surface area contributed by atoms with Crippen LogP contribution in [-0.4, -0.2) is 27.5 Å². The molecule has 2 aromatic rings. The molecule has 100 valence electrons. The van der Waals surface area contributed by atoms with E-state index in [2.05, 4.69) is 15.3 Å². The minimum Gasteiger partial charge on any atom is -0.384 e. The average molecular weight is 277 g/mol. The van der Waals surface area contributed by atoms with Gasteiger partial charge in [0.25, 0.3) is 5.91 Å². The zero-order valence-corrected chi connectivity index (χ0v) is 11.6. The van der Waals surface area contributed by atoms with E-state index in [9.17, 15) is 9.90 Å². The summed E-state index contributed by atoms with van der Waals surface area (Å²) in [4.78, 5) is 19.7. The molecule has 5 nitrogen and oxygen atoms in total. The molecule has 0 fully saturated rings. The molecule has 0 radical (unpaired) electrons. The number of carbonyl (C=O) groups excluding carboxylic acids is 1. The molecule has 0 spiro atoms. The van der Waals surface area contributed by atoms with Crippen LogP contribution in [-0.2, 0) is 5.60 Å². The van der Waals surface area contributed by atoms with E-state index in [0.717, 1.165) is 11.3 Å². The lowest BCUT2D eigenvalue weighted by Crippen LogP contribution is -2.38. The number of aryl methyl sites for hydroxylation is 1. The Balaban J connectivity index is 2.01. The van der Waals surface area contributed by atoms with Crippen LogP contribution in [0.2, 0.25) is 0 Å². The molecular formula is C13H15N3O2S. The molecule has 19 heavy (non-hydrogen) atoms. The molecule has 1 atom stereocenters. The number of thiophene rings is 1. The number of hydrogen-bond acceptors (Lipinski definition) is 5. The van der Waals surface area contributed by atoms with Gasteiger partial charge in [-0.25, -0.2) is 9.97 Å². The second kappa shape index (κ2) is 5.46. The van der Waals surface area contributed by atoms with Gasteiger partial charge in [-0.05, 0) is 42.3 Å². The third-order valence-electron chi connectivity index (χ3n) is 2.77. The summed E-state index contributed by atoms with van der Waals surface area (Å²) in [5.41, 5.74) is 0.729. The predicted octanol–water partition coefficient (Wildman–Crippen LogP) is 1.48. The van der Waals surface area contributed by atoms with E-state index in [1.807, 2.05) is 16.8 Å². The first-order chi connectivity index (χ1) is 8.99. The molecule has 0 saturated heterocycles. The predicted molar refractivity (Wildman–Crippen MR) is 73.0 cm³/mol. The normalized spacial score (nSPS) is 13.8. The van der Waals surface area contributed by atoms with Crippen LogP contribution in [0.4, 0.5) is 0 Å². The third-order valence-corrected chi connectivity index (χ3v) is 3.46. The molecule has 0 aliphatic carbocycles. The van der Waals surface area contributed by atoms with Crippen molar-refractivity contribution in [2.45, 2.75) is 19.4 Å². The standard InChI is InChI=1S/C13H15N3O2S/c1-9-5-11(16-8-15-9)12(17)14-7-13(2,18)10-3-4-19-6-10/h3-6,8,18H,7H2,1-2H3,(H,14,17). The zero-order chi connectivity index (χ0) is 13.9. The van der Waals surface area contributed by atoms with Crippen molar-refractivity contribution in [3.63, 3.8) is 0 Å². The number of aliphatic hydroxyl groups is 1. The maximum Gasteiger partial charge on any atom is 0.270 e. The Labute approximate surface area is 115 Å². The smallest absolute Gasteiger partial charge is 0.270 e. The van der Waals surface area contributed by atoms with Gasteiger partial charge in [0.05, 0.1) is 6.54 Å². The van der Waals surface area contributed by atoms with Gasteiger partial charge >= 0.3 is 0 Å². The second-order valence-electron chi connectivity index (χ2n) is 4.51. The number of rotatable bonds is 4. The molecule has 6 heteroatoms. The highest BCUT2D eigenvalue weighted by molar-refractivity contribution is 7.08. The SMILES string of the molecule is Cc1cc(C(=O)NCC(C)(O)c2ccsc2)ncn1. The van der Waals surface area contributed by atoms with Crippen LogP contribution < -0.4 is 5.32 Å². The van der Waals surface area contributed by atoms with Gasteiger partial charge in [0, 0.05) is 5.69 Å². The summed E-state index contributed by atoms with van der Waals surface area (Å²) in [5, 5.41) is 16.7. The van der Waals surface area contributed by atoms with Crippen LogP contribution in [0, 0.1) is 6.92 Å².